The fourth-order valence-electron chi connectivity index (χ4n) is 1.53. The number of carbonyl (C=O) groups is 1. The number of rotatable bonds is 3. The molecule has 0 aliphatic rings. The Labute approximate surface area is 107 Å². The van der Waals surface area contributed by atoms with E-state index in [-0.39, 0.29) is 5.82 Å². The van der Waals surface area contributed by atoms with Gasteiger partial charge < -0.3 is 10.1 Å². The lowest BCUT2D eigenvalue weighted by Gasteiger charge is -2.06. The molecule has 1 aromatic heterocycles. The maximum Gasteiger partial charge on any atom is 0.337 e. The summed E-state index contributed by atoms with van der Waals surface area (Å²) in [4.78, 5) is 38.1. The van der Waals surface area contributed by atoms with E-state index in [4.69, 9.17) is 0 Å². The highest BCUT2D eigenvalue weighted by atomic mass is 16.5. The van der Waals surface area contributed by atoms with Crippen molar-refractivity contribution in [1.29, 1.82) is 0 Å². The topological polar surface area (TPSA) is 104 Å². The molecule has 0 aliphatic heterocycles. The average molecular weight is 261 g/mol. The van der Waals surface area contributed by atoms with Gasteiger partial charge in [0.05, 0.1) is 12.7 Å². The first kappa shape index (κ1) is 12.6. The quantitative estimate of drug-likeness (QED) is 0.701. The molecule has 0 amide bonds. The number of anilines is 2. The summed E-state index contributed by atoms with van der Waals surface area (Å²) < 4.78 is 4.60. The van der Waals surface area contributed by atoms with E-state index >= 15 is 0 Å². The second kappa shape index (κ2) is 5.21. The van der Waals surface area contributed by atoms with Crippen molar-refractivity contribution in [3.8, 4) is 0 Å². The van der Waals surface area contributed by atoms with Gasteiger partial charge in [-0.1, -0.05) is 6.07 Å². The third kappa shape index (κ3) is 3.09. The molecule has 1 heterocycles. The average Bonchev–Trinajstić information content (AvgIpc) is 2.37. The number of aromatic nitrogens is 2. The van der Waals surface area contributed by atoms with Gasteiger partial charge in [0.15, 0.2) is 0 Å². The van der Waals surface area contributed by atoms with Gasteiger partial charge in [-0.15, -0.1) is 0 Å². The lowest BCUT2D eigenvalue weighted by Crippen LogP contribution is -2.22. The third-order valence-corrected chi connectivity index (χ3v) is 2.32. The van der Waals surface area contributed by atoms with Crippen molar-refractivity contribution in [3.05, 3.63) is 56.7 Å². The van der Waals surface area contributed by atoms with Gasteiger partial charge in [0.2, 0.25) is 0 Å². The standard InChI is InChI=1S/C12H11N3O4/c1-19-11(17)7-3-2-4-8(5-7)13-9-6-10(16)15-12(18)14-9/h2-6H,1H3,(H3,13,14,15,16,18). The van der Waals surface area contributed by atoms with Crippen LogP contribution in [-0.2, 0) is 4.74 Å². The number of benzene rings is 1. The minimum atomic E-state index is -0.612. The number of esters is 1. The van der Waals surface area contributed by atoms with Crippen molar-refractivity contribution >= 4 is 17.5 Å². The van der Waals surface area contributed by atoms with E-state index in [9.17, 15) is 14.4 Å². The van der Waals surface area contributed by atoms with Gasteiger partial charge in [-0.3, -0.25) is 14.8 Å². The Morgan fingerprint density at radius 3 is 2.68 bits per heavy atom. The number of methoxy groups -OCH3 is 1. The highest BCUT2D eigenvalue weighted by Gasteiger charge is 2.06. The Balaban J connectivity index is 2.30. The lowest BCUT2D eigenvalue weighted by atomic mass is 10.2. The Hall–Kier alpha value is -2.83. The molecule has 19 heavy (non-hydrogen) atoms. The maximum atomic E-state index is 11.4. The molecule has 0 saturated carbocycles. The summed E-state index contributed by atoms with van der Waals surface area (Å²) in [5.41, 5.74) is -0.224. The molecule has 98 valence electrons. The number of nitrogens with one attached hydrogen (secondary N) is 3. The molecular formula is C12H11N3O4. The summed E-state index contributed by atoms with van der Waals surface area (Å²) in [6.07, 6.45) is 0. The third-order valence-electron chi connectivity index (χ3n) is 2.32. The van der Waals surface area contributed by atoms with Crippen LogP contribution in [0.15, 0.2) is 39.9 Å². The molecule has 2 aromatic rings. The predicted molar refractivity (Wildman–Crippen MR) is 68.7 cm³/mol. The fourth-order valence-corrected chi connectivity index (χ4v) is 1.53. The van der Waals surface area contributed by atoms with Gasteiger partial charge >= 0.3 is 11.7 Å². The largest absolute Gasteiger partial charge is 0.465 e. The van der Waals surface area contributed by atoms with Crippen LogP contribution >= 0.6 is 0 Å². The van der Waals surface area contributed by atoms with Crippen LogP contribution in [0.4, 0.5) is 11.5 Å². The minimum Gasteiger partial charge on any atom is -0.465 e. The molecule has 0 aliphatic carbocycles. The Bertz CT molecular complexity index is 689. The first-order valence-electron chi connectivity index (χ1n) is 5.37. The van der Waals surface area contributed by atoms with E-state index in [1.54, 1.807) is 24.3 Å². The molecule has 0 bridgehead atoms. The lowest BCUT2D eigenvalue weighted by molar-refractivity contribution is 0.0601. The zero-order valence-electron chi connectivity index (χ0n) is 10.0. The van der Waals surface area contributed by atoms with Crippen molar-refractivity contribution in [2.75, 3.05) is 12.4 Å². The first-order chi connectivity index (χ1) is 9.08. The van der Waals surface area contributed by atoms with Crippen LogP contribution in [0.3, 0.4) is 0 Å². The van der Waals surface area contributed by atoms with Gasteiger partial charge in [0.1, 0.15) is 5.82 Å². The first-order valence-corrected chi connectivity index (χ1v) is 5.37. The van der Waals surface area contributed by atoms with Crippen molar-refractivity contribution in [3.63, 3.8) is 0 Å². The molecule has 7 nitrogen and oxygen atoms in total. The minimum absolute atomic E-state index is 0.232. The second-order valence-corrected chi connectivity index (χ2v) is 3.70. The number of H-pyrrole nitrogens is 2. The van der Waals surface area contributed by atoms with Crippen molar-refractivity contribution < 1.29 is 9.53 Å². The fraction of sp³-hybridized carbons (Fsp3) is 0.0833. The predicted octanol–water partition coefficient (Wildman–Crippen LogP) is 0.593. The number of ether oxygens (including phenoxy) is 1. The Morgan fingerprint density at radius 2 is 2.00 bits per heavy atom. The molecule has 1 aromatic carbocycles. The van der Waals surface area contributed by atoms with Crippen LogP contribution in [0.2, 0.25) is 0 Å². The van der Waals surface area contributed by atoms with Crippen molar-refractivity contribution in [1.82, 2.24) is 9.97 Å². The van der Waals surface area contributed by atoms with Gasteiger partial charge in [-0.2, -0.15) is 0 Å². The SMILES string of the molecule is COC(=O)c1cccc(Nc2cc(=O)[nH]c(=O)[nH]2)c1. The van der Waals surface area contributed by atoms with Crippen LogP contribution in [0.1, 0.15) is 10.4 Å². The van der Waals surface area contributed by atoms with Gasteiger partial charge in [-0.05, 0) is 18.2 Å². The number of carbonyl (C=O) groups excluding carboxylic acids is 1. The summed E-state index contributed by atoms with van der Waals surface area (Å²) in [6.45, 7) is 0. The second-order valence-electron chi connectivity index (χ2n) is 3.70. The number of hydrogen-bond donors (Lipinski definition) is 3. The molecule has 0 fully saturated rings. The van der Waals surface area contributed by atoms with E-state index in [1.807, 2.05) is 0 Å². The smallest absolute Gasteiger partial charge is 0.337 e. The van der Waals surface area contributed by atoms with E-state index in [0.717, 1.165) is 0 Å². The van der Waals surface area contributed by atoms with Crippen molar-refractivity contribution in [2.24, 2.45) is 0 Å². The summed E-state index contributed by atoms with van der Waals surface area (Å²) in [5, 5.41) is 2.82. The molecule has 0 saturated heterocycles. The summed E-state index contributed by atoms with van der Waals surface area (Å²) in [7, 11) is 1.29. The maximum absolute atomic E-state index is 11.4. The molecule has 0 spiro atoms. The summed E-state index contributed by atoms with van der Waals surface area (Å²) in [5.74, 6) is -0.237. The van der Waals surface area contributed by atoms with E-state index < -0.39 is 17.2 Å². The zero-order valence-corrected chi connectivity index (χ0v) is 10.0. The zero-order chi connectivity index (χ0) is 13.8. The van der Waals surface area contributed by atoms with Gasteiger partial charge in [0.25, 0.3) is 5.56 Å². The molecule has 0 unspecified atom stereocenters. The Kier molecular flexibility index (Phi) is 3.46. The van der Waals surface area contributed by atoms with Crippen LogP contribution in [0.25, 0.3) is 0 Å². The molecular weight excluding hydrogens is 250 g/mol. The number of aromatic amines is 2. The van der Waals surface area contributed by atoms with Crippen LogP contribution in [0.5, 0.6) is 0 Å². The van der Waals surface area contributed by atoms with E-state index in [2.05, 4.69) is 20.0 Å². The molecule has 2 rings (SSSR count). The molecule has 0 atom stereocenters. The highest BCUT2D eigenvalue weighted by Crippen LogP contribution is 2.14. The van der Waals surface area contributed by atoms with Crippen molar-refractivity contribution in [2.45, 2.75) is 0 Å². The van der Waals surface area contributed by atoms with Crippen LogP contribution < -0.4 is 16.6 Å². The van der Waals surface area contributed by atoms with Crippen LogP contribution in [-0.4, -0.2) is 23.0 Å². The normalized spacial score (nSPS) is 9.95. The molecule has 0 radical (unpaired) electrons. The van der Waals surface area contributed by atoms with Crippen LogP contribution in [0, 0.1) is 0 Å². The molecule has 7 heteroatoms. The van der Waals surface area contributed by atoms with E-state index in [1.165, 1.54) is 13.2 Å². The Morgan fingerprint density at radius 1 is 1.21 bits per heavy atom. The van der Waals surface area contributed by atoms with Gasteiger partial charge in [0, 0.05) is 11.8 Å². The monoisotopic (exact) mass is 261 g/mol. The summed E-state index contributed by atoms with van der Waals surface area (Å²) in [6, 6.07) is 7.68. The number of hydrogen-bond acceptors (Lipinski definition) is 5. The van der Waals surface area contributed by atoms with E-state index in [0.29, 0.717) is 11.3 Å². The highest BCUT2D eigenvalue weighted by molar-refractivity contribution is 5.90. The molecule has 3 N–H and O–H groups in total. The summed E-state index contributed by atoms with van der Waals surface area (Å²) >= 11 is 0. The van der Waals surface area contributed by atoms with Gasteiger partial charge in [-0.25, -0.2) is 9.59 Å².